The molecule has 0 atom stereocenters. The quantitative estimate of drug-likeness (QED) is 0.618. The molecule has 0 unspecified atom stereocenters. The Balaban J connectivity index is 1.45. The summed E-state index contributed by atoms with van der Waals surface area (Å²) in [6.45, 7) is 7.83. The molecule has 0 saturated carbocycles. The Morgan fingerprint density at radius 2 is 1.41 bits per heavy atom. The summed E-state index contributed by atoms with van der Waals surface area (Å²) in [6.07, 6.45) is 0. The van der Waals surface area contributed by atoms with Crippen LogP contribution in [0, 0.1) is 0 Å². The molecule has 4 rings (SSSR count). The van der Waals surface area contributed by atoms with Crippen molar-refractivity contribution in [2.75, 3.05) is 32.8 Å². The molecule has 152 valence electrons. The minimum absolute atomic E-state index is 0.128. The lowest BCUT2D eigenvalue weighted by Crippen LogP contribution is -3.28. The molecule has 2 aromatic carbocycles. The first-order valence-corrected chi connectivity index (χ1v) is 10.4. The van der Waals surface area contributed by atoms with Gasteiger partial charge in [0.15, 0.2) is 6.67 Å². The molecule has 0 radical (unpaired) electrons. The smallest absolute Gasteiger partial charge is 0.323 e. The number of rotatable bonds is 5. The van der Waals surface area contributed by atoms with Crippen LogP contribution in [0.2, 0.25) is 0 Å². The standard InChI is InChI=1S/C23H28N4O2/c1-23(2)21(28)27(22(29)24-23)17-25-13-15-26(16-14-25)20(18-9-5-3-6-10-18)19-11-7-4-8-12-19/h3-12,20H,13-17H2,1-2H3,(H,24,29)/p+2. The molecule has 2 aliphatic heterocycles. The topological polar surface area (TPSA) is 58.3 Å². The van der Waals surface area contributed by atoms with Gasteiger partial charge in [-0.05, 0) is 13.8 Å². The number of amides is 3. The van der Waals surface area contributed by atoms with Crippen LogP contribution in [0.15, 0.2) is 60.7 Å². The van der Waals surface area contributed by atoms with Crippen LogP contribution in [0.5, 0.6) is 0 Å². The summed E-state index contributed by atoms with van der Waals surface area (Å²) in [7, 11) is 0. The summed E-state index contributed by atoms with van der Waals surface area (Å²) in [6, 6.07) is 21.4. The number of benzene rings is 2. The van der Waals surface area contributed by atoms with Gasteiger partial charge in [-0.1, -0.05) is 60.7 Å². The van der Waals surface area contributed by atoms with Gasteiger partial charge in [-0.3, -0.25) is 4.79 Å². The summed E-state index contributed by atoms with van der Waals surface area (Å²) in [4.78, 5) is 28.9. The van der Waals surface area contributed by atoms with Crippen molar-refractivity contribution in [3.05, 3.63) is 71.8 Å². The number of nitrogens with zero attached hydrogens (tertiary/aromatic N) is 1. The van der Waals surface area contributed by atoms with E-state index in [-0.39, 0.29) is 11.9 Å². The molecule has 3 amide bonds. The maximum Gasteiger partial charge on any atom is 0.329 e. The normalized spacial score (nSPS) is 24.0. The van der Waals surface area contributed by atoms with Gasteiger partial charge in [0.05, 0.1) is 0 Å². The molecule has 2 aliphatic rings. The van der Waals surface area contributed by atoms with E-state index in [1.807, 2.05) is 0 Å². The third kappa shape index (κ3) is 4.04. The number of carbonyl (C=O) groups excluding carboxylic acids is 2. The maximum absolute atomic E-state index is 12.5. The van der Waals surface area contributed by atoms with E-state index in [0.29, 0.717) is 12.7 Å². The number of nitrogens with one attached hydrogen (secondary N) is 3. The van der Waals surface area contributed by atoms with Crippen LogP contribution in [0.1, 0.15) is 31.0 Å². The summed E-state index contributed by atoms with van der Waals surface area (Å²) in [5.41, 5.74) is 1.86. The molecule has 0 spiro atoms. The maximum atomic E-state index is 12.5. The second kappa shape index (κ2) is 7.97. The van der Waals surface area contributed by atoms with Crippen molar-refractivity contribution in [2.45, 2.75) is 25.4 Å². The van der Waals surface area contributed by atoms with Crippen LogP contribution in [0.25, 0.3) is 0 Å². The fourth-order valence-electron chi connectivity index (χ4n) is 4.51. The van der Waals surface area contributed by atoms with Crippen LogP contribution in [0.3, 0.4) is 0 Å². The Morgan fingerprint density at radius 3 is 1.86 bits per heavy atom. The van der Waals surface area contributed by atoms with E-state index < -0.39 is 5.54 Å². The highest BCUT2D eigenvalue weighted by atomic mass is 16.2. The van der Waals surface area contributed by atoms with Crippen molar-refractivity contribution >= 4 is 11.9 Å². The van der Waals surface area contributed by atoms with Crippen molar-refractivity contribution in [1.82, 2.24) is 10.2 Å². The number of hydrogen-bond donors (Lipinski definition) is 3. The molecule has 0 bridgehead atoms. The molecule has 2 saturated heterocycles. The predicted molar refractivity (Wildman–Crippen MR) is 110 cm³/mol. The Hall–Kier alpha value is -2.70. The van der Waals surface area contributed by atoms with Gasteiger partial charge in [0, 0.05) is 11.1 Å². The van der Waals surface area contributed by atoms with Gasteiger partial charge in [-0.25, -0.2) is 9.69 Å². The Bertz CT molecular complexity index is 821. The second-order valence-electron chi connectivity index (χ2n) is 8.61. The van der Waals surface area contributed by atoms with Crippen molar-refractivity contribution in [3.8, 4) is 0 Å². The van der Waals surface area contributed by atoms with Crippen LogP contribution in [-0.4, -0.2) is 55.2 Å². The third-order valence-electron chi connectivity index (χ3n) is 6.10. The fourth-order valence-corrected chi connectivity index (χ4v) is 4.51. The number of quaternary nitrogens is 2. The Kier molecular flexibility index (Phi) is 5.39. The molecule has 6 heteroatoms. The van der Waals surface area contributed by atoms with Crippen molar-refractivity contribution < 1.29 is 19.4 Å². The summed E-state index contributed by atoms with van der Waals surface area (Å²) >= 11 is 0. The SMILES string of the molecule is CC1(C)NC(=O)N(C[NH+]2CC[NH+](C(c3ccccc3)c3ccccc3)CC2)C1=O. The molecule has 2 fully saturated rings. The Labute approximate surface area is 172 Å². The highest BCUT2D eigenvalue weighted by Gasteiger charge is 2.46. The van der Waals surface area contributed by atoms with E-state index in [2.05, 4.69) is 66.0 Å². The van der Waals surface area contributed by atoms with Crippen LogP contribution in [-0.2, 0) is 4.79 Å². The second-order valence-corrected chi connectivity index (χ2v) is 8.61. The van der Waals surface area contributed by atoms with Gasteiger partial charge in [0.1, 0.15) is 37.8 Å². The third-order valence-corrected chi connectivity index (χ3v) is 6.10. The highest BCUT2D eigenvalue weighted by molar-refractivity contribution is 6.06. The monoisotopic (exact) mass is 394 g/mol. The number of imide groups is 1. The van der Waals surface area contributed by atoms with Crippen LogP contribution >= 0.6 is 0 Å². The van der Waals surface area contributed by atoms with Gasteiger partial charge in [0.2, 0.25) is 0 Å². The van der Waals surface area contributed by atoms with Gasteiger partial charge < -0.3 is 15.1 Å². The summed E-state index contributed by atoms with van der Waals surface area (Å²) < 4.78 is 0. The van der Waals surface area contributed by atoms with Crippen LogP contribution in [0.4, 0.5) is 4.79 Å². The fraction of sp³-hybridized carbons (Fsp3) is 0.391. The van der Waals surface area contributed by atoms with E-state index in [1.165, 1.54) is 25.8 Å². The zero-order valence-electron chi connectivity index (χ0n) is 17.2. The molecule has 6 nitrogen and oxygen atoms in total. The highest BCUT2D eigenvalue weighted by Crippen LogP contribution is 2.19. The first kappa shape index (κ1) is 19.6. The number of urea groups is 1. The van der Waals surface area contributed by atoms with E-state index in [1.54, 1.807) is 13.8 Å². The first-order chi connectivity index (χ1) is 14.0. The lowest BCUT2D eigenvalue weighted by atomic mass is 9.96. The predicted octanol–water partition coefficient (Wildman–Crippen LogP) is -0.153. The van der Waals surface area contributed by atoms with E-state index in [9.17, 15) is 9.59 Å². The van der Waals surface area contributed by atoms with Gasteiger partial charge in [-0.15, -0.1) is 0 Å². The molecular formula is C23H30N4O2+2. The molecular weight excluding hydrogens is 364 g/mol. The minimum Gasteiger partial charge on any atom is -0.323 e. The zero-order valence-corrected chi connectivity index (χ0v) is 17.2. The average molecular weight is 395 g/mol. The van der Waals surface area contributed by atoms with E-state index >= 15 is 0 Å². The molecule has 0 aromatic heterocycles. The first-order valence-electron chi connectivity index (χ1n) is 10.4. The molecule has 0 aliphatic carbocycles. The lowest BCUT2D eigenvalue weighted by Gasteiger charge is -2.35. The number of hydrogen-bond acceptors (Lipinski definition) is 2. The van der Waals surface area contributed by atoms with Gasteiger partial charge in [0.25, 0.3) is 5.91 Å². The molecule has 3 N–H and O–H groups in total. The molecule has 29 heavy (non-hydrogen) atoms. The molecule has 2 heterocycles. The summed E-state index contributed by atoms with van der Waals surface area (Å²) in [5.74, 6) is -0.128. The zero-order chi connectivity index (χ0) is 20.4. The largest absolute Gasteiger partial charge is 0.329 e. The van der Waals surface area contributed by atoms with Crippen molar-refractivity contribution in [1.29, 1.82) is 0 Å². The summed E-state index contributed by atoms with van der Waals surface area (Å²) in [5, 5.41) is 2.77. The van der Waals surface area contributed by atoms with Crippen molar-refractivity contribution in [2.24, 2.45) is 0 Å². The van der Waals surface area contributed by atoms with E-state index in [0.717, 1.165) is 26.2 Å². The average Bonchev–Trinajstić information content (AvgIpc) is 2.92. The number of carbonyl (C=O) groups is 2. The van der Waals surface area contributed by atoms with Crippen molar-refractivity contribution in [3.63, 3.8) is 0 Å². The number of piperazine rings is 1. The van der Waals surface area contributed by atoms with Crippen LogP contribution < -0.4 is 15.1 Å². The Morgan fingerprint density at radius 1 is 0.897 bits per heavy atom. The minimum atomic E-state index is -0.796. The van der Waals surface area contributed by atoms with Gasteiger partial charge in [-0.2, -0.15) is 0 Å². The lowest BCUT2D eigenvalue weighted by molar-refractivity contribution is -1.03. The van der Waals surface area contributed by atoms with E-state index in [4.69, 9.17) is 0 Å². The molecule has 2 aromatic rings. The van der Waals surface area contributed by atoms with Gasteiger partial charge >= 0.3 is 6.03 Å².